The maximum atomic E-state index is 12.3. The number of nitrogens with zero attached hydrogens (tertiary/aromatic N) is 1. The van der Waals surface area contributed by atoms with Gasteiger partial charge in [0.2, 0.25) is 0 Å². The molecule has 9 nitrogen and oxygen atoms in total. The fourth-order valence-corrected chi connectivity index (χ4v) is 2.17. The molecule has 0 radical (unpaired) electrons. The highest BCUT2D eigenvalue weighted by atomic mass is 16.6. The van der Waals surface area contributed by atoms with Crippen LogP contribution in [0.5, 0.6) is 11.5 Å². The highest BCUT2D eigenvalue weighted by Gasteiger charge is 2.21. The van der Waals surface area contributed by atoms with Crippen molar-refractivity contribution < 1.29 is 28.7 Å². The van der Waals surface area contributed by atoms with E-state index in [1.807, 2.05) is 0 Å². The number of anilines is 1. The maximum Gasteiger partial charge on any atom is 0.339 e. The average molecular weight is 374 g/mol. The maximum absolute atomic E-state index is 12.3. The zero-order valence-electron chi connectivity index (χ0n) is 14.9. The highest BCUT2D eigenvalue weighted by Crippen LogP contribution is 2.29. The molecule has 0 aliphatic carbocycles. The van der Waals surface area contributed by atoms with Gasteiger partial charge in [-0.05, 0) is 31.2 Å². The average Bonchev–Trinajstić information content (AvgIpc) is 2.67. The van der Waals surface area contributed by atoms with E-state index >= 15 is 0 Å². The number of hydrogen-bond donors (Lipinski definition) is 1. The zero-order valence-corrected chi connectivity index (χ0v) is 14.9. The molecule has 142 valence electrons. The minimum absolute atomic E-state index is 0.0981. The van der Waals surface area contributed by atoms with Gasteiger partial charge < -0.3 is 19.5 Å². The Morgan fingerprint density at radius 1 is 1.11 bits per heavy atom. The number of benzene rings is 2. The van der Waals surface area contributed by atoms with Gasteiger partial charge in [0.1, 0.15) is 11.5 Å². The number of non-ortho nitro benzene ring substituents is 1. The molecule has 1 atom stereocenters. The Bertz CT molecular complexity index is 867. The molecular weight excluding hydrogens is 356 g/mol. The van der Waals surface area contributed by atoms with Gasteiger partial charge in [-0.3, -0.25) is 14.9 Å². The van der Waals surface area contributed by atoms with Crippen molar-refractivity contribution in [1.82, 2.24) is 0 Å². The summed E-state index contributed by atoms with van der Waals surface area (Å²) >= 11 is 0. The van der Waals surface area contributed by atoms with Gasteiger partial charge in [-0.2, -0.15) is 0 Å². The third kappa shape index (κ3) is 4.94. The van der Waals surface area contributed by atoms with E-state index in [1.165, 1.54) is 45.4 Å². The van der Waals surface area contributed by atoms with Crippen molar-refractivity contribution >= 4 is 23.3 Å². The molecule has 0 bridgehead atoms. The van der Waals surface area contributed by atoms with E-state index in [0.717, 1.165) is 6.07 Å². The van der Waals surface area contributed by atoms with Gasteiger partial charge in [-0.25, -0.2) is 4.79 Å². The molecule has 0 aliphatic heterocycles. The molecule has 0 aromatic heterocycles. The van der Waals surface area contributed by atoms with Gasteiger partial charge >= 0.3 is 5.97 Å². The lowest BCUT2D eigenvalue weighted by molar-refractivity contribution is -0.384. The van der Waals surface area contributed by atoms with Crippen LogP contribution < -0.4 is 14.8 Å². The molecule has 2 aromatic carbocycles. The first kappa shape index (κ1) is 19.7. The quantitative estimate of drug-likeness (QED) is 0.450. The van der Waals surface area contributed by atoms with Crippen LogP contribution in [0, 0.1) is 10.1 Å². The van der Waals surface area contributed by atoms with Crippen molar-refractivity contribution in [2.75, 3.05) is 19.5 Å². The molecule has 2 aromatic rings. The van der Waals surface area contributed by atoms with E-state index in [1.54, 1.807) is 12.1 Å². The van der Waals surface area contributed by atoms with Crippen molar-refractivity contribution in [2.24, 2.45) is 0 Å². The summed E-state index contributed by atoms with van der Waals surface area (Å²) < 4.78 is 15.3. The molecule has 9 heteroatoms. The summed E-state index contributed by atoms with van der Waals surface area (Å²) in [6, 6.07) is 10.1. The lowest BCUT2D eigenvalue weighted by Gasteiger charge is -2.15. The number of nitro groups is 1. The lowest BCUT2D eigenvalue weighted by Crippen LogP contribution is -2.30. The second-order valence-electron chi connectivity index (χ2n) is 5.41. The Balaban J connectivity index is 2.10. The van der Waals surface area contributed by atoms with Crippen LogP contribution in [0.2, 0.25) is 0 Å². The van der Waals surface area contributed by atoms with E-state index in [9.17, 15) is 19.7 Å². The normalized spacial score (nSPS) is 11.2. The number of amides is 1. The van der Waals surface area contributed by atoms with Crippen LogP contribution >= 0.6 is 0 Å². The number of esters is 1. The Kier molecular flexibility index (Phi) is 6.32. The minimum atomic E-state index is -1.15. The Labute approximate surface area is 155 Å². The van der Waals surface area contributed by atoms with Gasteiger partial charge in [0, 0.05) is 12.1 Å². The van der Waals surface area contributed by atoms with Gasteiger partial charge in [0.15, 0.2) is 6.10 Å². The topological polar surface area (TPSA) is 117 Å². The summed E-state index contributed by atoms with van der Waals surface area (Å²) in [6.07, 6.45) is -1.15. The van der Waals surface area contributed by atoms with Crippen molar-refractivity contribution in [2.45, 2.75) is 13.0 Å². The first-order chi connectivity index (χ1) is 12.8. The molecule has 0 saturated heterocycles. The van der Waals surface area contributed by atoms with E-state index in [2.05, 4.69) is 5.32 Å². The Hall–Kier alpha value is -3.62. The largest absolute Gasteiger partial charge is 0.497 e. The molecule has 0 fully saturated rings. The van der Waals surface area contributed by atoms with Crippen LogP contribution in [0.1, 0.15) is 17.3 Å². The molecule has 1 N–H and O–H groups in total. The van der Waals surface area contributed by atoms with Gasteiger partial charge in [0.05, 0.1) is 30.4 Å². The number of nitrogens with one attached hydrogen (secondary N) is 1. The third-order valence-corrected chi connectivity index (χ3v) is 3.61. The van der Waals surface area contributed by atoms with Crippen LogP contribution in [-0.2, 0) is 9.53 Å². The predicted octanol–water partition coefficient (Wildman–Crippen LogP) is 2.80. The number of ether oxygens (including phenoxy) is 3. The molecule has 0 unspecified atom stereocenters. The number of hydrogen-bond acceptors (Lipinski definition) is 7. The number of carbonyl (C=O) groups is 2. The monoisotopic (exact) mass is 374 g/mol. The van der Waals surface area contributed by atoms with Crippen molar-refractivity contribution in [3.05, 3.63) is 58.1 Å². The minimum Gasteiger partial charge on any atom is -0.497 e. The van der Waals surface area contributed by atoms with E-state index in [-0.39, 0.29) is 22.7 Å². The summed E-state index contributed by atoms with van der Waals surface area (Å²) in [5, 5.41) is 13.4. The first-order valence-electron chi connectivity index (χ1n) is 7.84. The van der Waals surface area contributed by atoms with Crippen LogP contribution in [-0.4, -0.2) is 37.1 Å². The van der Waals surface area contributed by atoms with Gasteiger partial charge in [-0.15, -0.1) is 0 Å². The molecule has 0 heterocycles. The summed E-state index contributed by atoms with van der Waals surface area (Å²) in [7, 11) is 2.83. The van der Waals surface area contributed by atoms with Crippen LogP contribution in [0.3, 0.4) is 0 Å². The van der Waals surface area contributed by atoms with Gasteiger partial charge in [0.25, 0.3) is 11.6 Å². The van der Waals surface area contributed by atoms with Gasteiger partial charge in [-0.1, -0.05) is 6.07 Å². The van der Waals surface area contributed by atoms with Crippen LogP contribution in [0.4, 0.5) is 11.4 Å². The summed E-state index contributed by atoms with van der Waals surface area (Å²) in [6.45, 7) is 1.39. The molecular formula is C18H18N2O7. The molecule has 0 saturated carbocycles. The number of methoxy groups -OCH3 is 2. The Morgan fingerprint density at radius 2 is 1.85 bits per heavy atom. The SMILES string of the molecule is COc1cccc(C(=O)O[C@H](C)C(=O)Nc2cc([N+](=O)[O-])ccc2OC)c1. The summed E-state index contributed by atoms with van der Waals surface area (Å²) in [5.74, 6) is -0.657. The number of rotatable bonds is 7. The number of carbonyl (C=O) groups excluding carboxylic acids is 2. The zero-order chi connectivity index (χ0) is 20.0. The van der Waals surface area contributed by atoms with Crippen LogP contribution in [0.25, 0.3) is 0 Å². The second-order valence-corrected chi connectivity index (χ2v) is 5.41. The standard InChI is InChI=1S/C18H18N2O7/c1-11(27-18(22)12-5-4-6-14(9-12)25-2)17(21)19-15-10-13(20(23)24)7-8-16(15)26-3/h4-11H,1-3H3,(H,19,21)/t11-/m1/s1. The lowest BCUT2D eigenvalue weighted by atomic mass is 10.2. The molecule has 27 heavy (non-hydrogen) atoms. The molecule has 0 spiro atoms. The first-order valence-corrected chi connectivity index (χ1v) is 7.84. The third-order valence-electron chi connectivity index (χ3n) is 3.61. The summed E-state index contributed by atoms with van der Waals surface area (Å²) in [4.78, 5) is 34.8. The Morgan fingerprint density at radius 3 is 2.48 bits per heavy atom. The highest BCUT2D eigenvalue weighted by molar-refractivity contribution is 5.98. The van der Waals surface area contributed by atoms with E-state index < -0.39 is 22.9 Å². The molecule has 2 rings (SSSR count). The predicted molar refractivity (Wildman–Crippen MR) is 96.1 cm³/mol. The van der Waals surface area contributed by atoms with Crippen LogP contribution in [0.15, 0.2) is 42.5 Å². The number of nitro benzene ring substituents is 1. The van der Waals surface area contributed by atoms with E-state index in [0.29, 0.717) is 5.75 Å². The summed E-state index contributed by atoms with van der Waals surface area (Å²) in [5.41, 5.74) is 0.107. The van der Waals surface area contributed by atoms with Crippen molar-refractivity contribution in [3.63, 3.8) is 0 Å². The fraction of sp³-hybridized carbons (Fsp3) is 0.222. The fourth-order valence-electron chi connectivity index (χ4n) is 2.17. The molecule has 1 amide bonds. The van der Waals surface area contributed by atoms with E-state index in [4.69, 9.17) is 14.2 Å². The second kappa shape index (κ2) is 8.65. The van der Waals surface area contributed by atoms with Crippen molar-refractivity contribution in [3.8, 4) is 11.5 Å². The smallest absolute Gasteiger partial charge is 0.339 e. The molecule has 0 aliphatic rings. The van der Waals surface area contributed by atoms with Crippen molar-refractivity contribution in [1.29, 1.82) is 0 Å².